The Kier molecular flexibility index (Phi) is 4.28. The van der Waals surface area contributed by atoms with Crippen molar-refractivity contribution in [2.24, 2.45) is 0 Å². The smallest absolute Gasteiger partial charge is 0.241 e. The third-order valence-corrected chi connectivity index (χ3v) is 3.80. The summed E-state index contributed by atoms with van der Waals surface area (Å²) in [4.78, 5) is 16.0. The number of nitrogens with zero attached hydrogens (tertiary/aromatic N) is 3. The summed E-state index contributed by atoms with van der Waals surface area (Å²) >= 11 is 0. The fourth-order valence-electron chi connectivity index (χ4n) is 2.69. The van der Waals surface area contributed by atoms with E-state index in [1.54, 1.807) is 17.1 Å². The minimum Gasteiger partial charge on any atom is -0.350 e. The number of aryl methyl sites for hydroxylation is 2. The Hall–Kier alpha value is -2.17. The van der Waals surface area contributed by atoms with Gasteiger partial charge in [0.2, 0.25) is 5.91 Å². The van der Waals surface area contributed by atoms with Gasteiger partial charge in [0.15, 0.2) is 0 Å². The van der Waals surface area contributed by atoms with E-state index in [-0.39, 0.29) is 12.5 Å². The van der Waals surface area contributed by atoms with Gasteiger partial charge in [0, 0.05) is 25.1 Å². The molecular weight excluding hydrogens is 264 g/mol. The second-order valence-corrected chi connectivity index (χ2v) is 5.50. The van der Waals surface area contributed by atoms with Crippen molar-refractivity contribution >= 4 is 5.91 Å². The summed E-state index contributed by atoms with van der Waals surface area (Å²) < 4.78 is 1.77. The van der Waals surface area contributed by atoms with E-state index < -0.39 is 0 Å². The zero-order chi connectivity index (χ0) is 14.5. The maximum atomic E-state index is 12.0. The van der Waals surface area contributed by atoms with Gasteiger partial charge >= 0.3 is 0 Å². The van der Waals surface area contributed by atoms with Crippen LogP contribution in [0, 0.1) is 0 Å². The minimum atomic E-state index is -0.0171. The van der Waals surface area contributed by atoms with Crippen LogP contribution in [0.4, 0.5) is 0 Å². The van der Waals surface area contributed by atoms with E-state index in [0.717, 1.165) is 18.4 Å². The van der Waals surface area contributed by atoms with Gasteiger partial charge in [0.25, 0.3) is 0 Å². The summed E-state index contributed by atoms with van der Waals surface area (Å²) in [6.07, 6.45) is 11.4. The number of hydrogen-bond donors (Lipinski definition) is 1. The van der Waals surface area contributed by atoms with Gasteiger partial charge in [-0.3, -0.25) is 14.5 Å². The van der Waals surface area contributed by atoms with Crippen LogP contribution in [0.25, 0.3) is 0 Å². The number of pyridine rings is 1. The molecule has 2 aromatic heterocycles. The molecule has 0 saturated heterocycles. The third-order valence-electron chi connectivity index (χ3n) is 3.80. The number of rotatable bonds is 4. The van der Waals surface area contributed by atoms with Gasteiger partial charge in [-0.1, -0.05) is 12.5 Å². The molecule has 1 aliphatic rings. The SMILES string of the molecule is O=C(Cn1cc2c(n1)CCCCC2)NCc1cccnc1. The molecular formula is C16H20N4O. The average Bonchev–Trinajstić information content (AvgIpc) is 2.75. The first kappa shape index (κ1) is 13.8. The molecule has 5 heteroatoms. The van der Waals surface area contributed by atoms with Crippen LogP contribution < -0.4 is 5.32 Å². The lowest BCUT2D eigenvalue weighted by atomic mass is 10.1. The molecule has 5 nitrogen and oxygen atoms in total. The quantitative estimate of drug-likeness (QED) is 0.872. The number of aromatic nitrogens is 3. The van der Waals surface area contributed by atoms with Gasteiger partial charge < -0.3 is 5.32 Å². The second kappa shape index (κ2) is 6.52. The van der Waals surface area contributed by atoms with Crippen molar-refractivity contribution in [3.8, 4) is 0 Å². The molecule has 3 rings (SSSR count). The first-order valence-corrected chi connectivity index (χ1v) is 7.52. The molecule has 1 N–H and O–H groups in total. The van der Waals surface area contributed by atoms with Crippen LogP contribution in [0.15, 0.2) is 30.7 Å². The summed E-state index contributed by atoms with van der Waals surface area (Å²) in [5, 5.41) is 7.45. The Morgan fingerprint density at radius 1 is 1.29 bits per heavy atom. The molecule has 0 saturated carbocycles. The Balaban J connectivity index is 1.55. The van der Waals surface area contributed by atoms with E-state index >= 15 is 0 Å². The minimum absolute atomic E-state index is 0.0171. The van der Waals surface area contributed by atoms with Crippen LogP contribution >= 0.6 is 0 Å². The summed E-state index contributed by atoms with van der Waals surface area (Å²) in [6.45, 7) is 0.793. The molecule has 2 heterocycles. The van der Waals surface area contributed by atoms with Crippen LogP contribution in [0.2, 0.25) is 0 Å². The zero-order valence-corrected chi connectivity index (χ0v) is 12.1. The molecule has 0 bridgehead atoms. The van der Waals surface area contributed by atoms with E-state index in [0.29, 0.717) is 6.54 Å². The zero-order valence-electron chi connectivity index (χ0n) is 12.1. The monoisotopic (exact) mass is 284 g/mol. The predicted octanol–water partition coefficient (Wildman–Crippen LogP) is 1.86. The molecule has 110 valence electrons. The maximum Gasteiger partial charge on any atom is 0.241 e. The van der Waals surface area contributed by atoms with Crippen molar-refractivity contribution in [1.82, 2.24) is 20.1 Å². The molecule has 0 fully saturated rings. The topological polar surface area (TPSA) is 59.8 Å². The average molecular weight is 284 g/mol. The fraction of sp³-hybridized carbons (Fsp3) is 0.438. The van der Waals surface area contributed by atoms with Crippen LogP contribution in [0.1, 0.15) is 36.1 Å². The number of hydrogen-bond acceptors (Lipinski definition) is 3. The highest BCUT2D eigenvalue weighted by Gasteiger charge is 2.13. The van der Waals surface area contributed by atoms with Gasteiger partial charge in [0.1, 0.15) is 6.54 Å². The second-order valence-electron chi connectivity index (χ2n) is 5.50. The van der Waals surface area contributed by atoms with E-state index in [1.165, 1.54) is 30.5 Å². The van der Waals surface area contributed by atoms with Crippen molar-refractivity contribution < 1.29 is 4.79 Å². The molecule has 0 spiro atoms. The lowest BCUT2D eigenvalue weighted by Gasteiger charge is -2.05. The van der Waals surface area contributed by atoms with Gasteiger partial charge in [0.05, 0.1) is 5.69 Å². The molecule has 0 atom stereocenters. The molecule has 0 radical (unpaired) electrons. The molecule has 0 aromatic carbocycles. The Morgan fingerprint density at radius 2 is 2.19 bits per heavy atom. The Morgan fingerprint density at radius 3 is 3.05 bits per heavy atom. The van der Waals surface area contributed by atoms with E-state index in [9.17, 15) is 4.79 Å². The third kappa shape index (κ3) is 3.68. The van der Waals surface area contributed by atoms with Crippen molar-refractivity contribution in [2.45, 2.75) is 45.2 Å². The molecule has 0 unspecified atom stereocenters. The molecule has 1 aliphatic carbocycles. The lowest BCUT2D eigenvalue weighted by molar-refractivity contribution is -0.122. The summed E-state index contributed by atoms with van der Waals surface area (Å²) in [5.74, 6) is -0.0171. The first-order chi connectivity index (χ1) is 10.3. The van der Waals surface area contributed by atoms with Crippen molar-refractivity contribution in [2.75, 3.05) is 0 Å². The highest BCUT2D eigenvalue weighted by atomic mass is 16.2. The maximum absolute atomic E-state index is 12.0. The highest BCUT2D eigenvalue weighted by Crippen LogP contribution is 2.18. The van der Waals surface area contributed by atoms with Crippen LogP contribution in [0.5, 0.6) is 0 Å². The van der Waals surface area contributed by atoms with Gasteiger partial charge in [-0.05, 0) is 42.9 Å². The van der Waals surface area contributed by atoms with Gasteiger partial charge in [-0.2, -0.15) is 5.10 Å². The molecule has 21 heavy (non-hydrogen) atoms. The summed E-state index contributed by atoms with van der Waals surface area (Å²) in [6, 6.07) is 3.81. The number of carbonyl (C=O) groups excluding carboxylic acids is 1. The summed E-state index contributed by atoms with van der Waals surface area (Å²) in [7, 11) is 0. The van der Waals surface area contributed by atoms with E-state index in [1.807, 2.05) is 18.3 Å². The highest BCUT2D eigenvalue weighted by molar-refractivity contribution is 5.75. The van der Waals surface area contributed by atoms with Crippen molar-refractivity contribution in [1.29, 1.82) is 0 Å². The summed E-state index contributed by atoms with van der Waals surface area (Å²) in [5.41, 5.74) is 3.49. The number of nitrogens with one attached hydrogen (secondary N) is 1. The Labute approximate surface area is 124 Å². The van der Waals surface area contributed by atoms with Crippen LogP contribution in [0.3, 0.4) is 0 Å². The van der Waals surface area contributed by atoms with Gasteiger partial charge in [-0.15, -0.1) is 0 Å². The number of carbonyl (C=O) groups is 1. The van der Waals surface area contributed by atoms with Crippen molar-refractivity contribution in [3.63, 3.8) is 0 Å². The molecule has 2 aromatic rings. The number of amides is 1. The van der Waals surface area contributed by atoms with Crippen LogP contribution in [-0.2, 0) is 30.7 Å². The standard InChI is InChI=1S/C16H20N4O/c21-16(18-10-13-5-4-8-17-9-13)12-20-11-14-6-2-1-3-7-15(14)19-20/h4-5,8-9,11H,1-3,6-7,10,12H2,(H,18,21). The predicted molar refractivity (Wildman–Crippen MR) is 79.6 cm³/mol. The van der Waals surface area contributed by atoms with Gasteiger partial charge in [-0.25, -0.2) is 0 Å². The van der Waals surface area contributed by atoms with E-state index in [2.05, 4.69) is 15.4 Å². The van der Waals surface area contributed by atoms with E-state index in [4.69, 9.17) is 0 Å². The molecule has 0 aliphatic heterocycles. The lowest BCUT2D eigenvalue weighted by Crippen LogP contribution is -2.27. The first-order valence-electron chi connectivity index (χ1n) is 7.52. The fourth-order valence-corrected chi connectivity index (χ4v) is 2.69. The number of fused-ring (bicyclic) bond motifs is 1. The largest absolute Gasteiger partial charge is 0.350 e. The Bertz CT molecular complexity index is 582. The normalized spacial score (nSPS) is 14.3. The molecule has 1 amide bonds. The van der Waals surface area contributed by atoms with Crippen molar-refractivity contribution in [3.05, 3.63) is 47.5 Å². The van der Waals surface area contributed by atoms with Crippen LogP contribution in [-0.4, -0.2) is 20.7 Å².